The molecule has 1 aliphatic rings. The van der Waals surface area contributed by atoms with Crippen molar-refractivity contribution in [1.29, 1.82) is 0 Å². The molecule has 2 N–H and O–H groups in total. The van der Waals surface area contributed by atoms with E-state index < -0.39 is 11.5 Å². The maximum absolute atomic E-state index is 13.0. The van der Waals surface area contributed by atoms with Crippen LogP contribution in [-0.2, 0) is 22.0 Å². The molecule has 2 aromatic carbocycles. The molecule has 1 aromatic heterocycles. The second-order valence-electron chi connectivity index (χ2n) is 8.53. The minimum atomic E-state index is -0.581. The van der Waals surface area contributed by atoms with Crippen LogP contribution in [0.25, 0.3) is 10.9 Å². The Kier molecular flexibility index (Phi) is 6.01. The van der Waals surface area contributed by atoms with Gasteiger partial charge >= 0.3 is 5.97 Å². The largest absolute Gasteiger partial charge is 0.468 e. The van der Waals surface area contributed by atoms with E-state index in [-0.39, 0.29) is 18.5 Å². The lowest BCUT2D eigenvalue weighted by Gasteiger charge is -2.39. The predicted octanol–water partition coefficient (Wildman–Crippen LogP) is 4.20. The minimum Gasteiger partial charge on any atom is -0.468 e. The Bertz CT molecular complexity index is 1180. The molecule has 0 bridgehead atoms. The number of aryl methyl sites for hydroxylation is 2. The molecular weight excluding hydrogens is 428 g/mol. The Hall–Kier alpha value is -2.83. The second kappa shape index (κ2) is 8.60. The van der Waals surface area contributed by atoms with E-state index in [0.29, 0.717) is 10.7 Å². The summed E-state index contributed by atoms with van der Waals surface area (Å²) in [7, 11) is 3.23. The highest BCUT2D eigenvalue weighted by atomic mass is 35.5. The summed E-state index contributed by atoms with van der Waals surface area (Å²) in [4.78, 5) is 25.4. The van der Waals surface area contributed by atoms with E-state index in [1.165, 1.54) is 7.11 Å². The van der Waals surface area contributed by atoms with E-state index in [4.69, 9.17) is 16.3 Å². The van der Waals surface area contributed by atoms with Crippen LogP contribution in [0.3, 0.4) is 0 Å². The smallest absolute Gasteiger partial charge is 0.316 e. The minimum absolute atomic E-state index is 0.215. The van der Waals surface area contributed by atoms with Crippen LogP contribution in [0, 0.1) is 6.92 Å². The number of hydrogen-bond donors (Lipinski definition) is 2. The summed E-state index contributed by atoms with van der Waals surface area (Å²) in [6.45, 7) is 1.70. The Morgan fingerprint density at radius 1 is 1.22 bits per heavy atom. The third-order valence-corrected chi connectivity index (χ3v) is 6.94. The lowest BCUT2D eigenvalue weighted by molar-refractivity contribution is -0.151. The highest BCUT2D eigenvalue weighted by molar-refractivity contribution is 6.35. The average molecular weight is 455 g/mol. The summed E-state index contributed by atoms with van der Waals surface area (Å²) in [5.41, 5.74) is 3.43. The van der Waals surface area contributed by atoms with Crippen molar-refractivity contribution in [1.82, 2.24) is 9.88 Å². The number of halogens is 1. The van der Waals surface area contributed by atoms with E-state index in [9.17, 15) is 14.7 Å². The maximum atomic E-state index is 13.0. The molecule has 6 nitrogen and oxygen atoms in total. The molecule has 168 valence electrons. The SMILES string of the molecule is COC(=O)C1(c2ccc([C@@H](CO)NC(=O)c3cc4c(Cl)cc(C)cc4n3C)cc2)CCC1. The number of carbonyl (C=O) groups excluding carboxylic acids is 2. The lowest BCUT2D eigenvalue weighted by Crippen LogP contribution is -2.43. The molecule has 1 fully saturated rings. The molecule has 0 unspecified atom stereocenters. The second-order valence-corrected chi connectivity index (χ2v) is 8.93. The van der Waals surface area contributed by atoms with E-state index in [0.717, 1.165) is 46.9 Å². The summed E-state index contributed by atoms with van der Waals surface area (Å²) in [6, 6.07) is 12.5. The third kappa shape index (κ3) is 3.67. The quantitative estimate of drug-likeness (QED) is 0.547. The first-order chi connectivity index (χ1) is 15.3. The van der Waals surface area contributed by atoms with Gasteiger partial charge in [0.2, 0.25) is 0 Å². The zero-order chi connectivity index (χ0) is 23.0. The van der Waals surface area contributed by atoms with Crippen LogP contribution in [0.5, 0.6) is 0 Å². The normalized spacial score (nSPS) is 15.8. The first kappa shape index (κ1) is 22.4. The van der Waals surface area contributed by atoms with Crippen molar-refractivity contribution in [2.45, 2.75) is 37.6 Å². The molecule has 1 amide bonds. The number of nitrogens with zero attached hydrogens (tertiary/aromatic N) is 1. The van der Waals surface area contributed by atoms with Crippen molar-refractivity contribution in [2.24, 2.45) is 7.05 Å². The number of aliphatic hydroxyl groups is 1. The molecule has 7 heteroatoms. The van der Waals surface area contributed by atoms with Gasteiger partial charge in [-0.1, -0.05) is 42.3 Å². The lowest BCUT2D eigenvalue weighted by atomic mass is 9.64. The topological polar surface area (TPSA) is 80.6 Å². The molecular formula is C25H27ClN2O4. The molecule has 32 heavy (non-hydrogen) atoms. The number of esters is 1. The molecule has 1 saturated carbocycles. The van der Waals surface area contributed by atoms with E-state index in [1.54, 1.807) is 10.6 Å². The Balaban J connectivity index is 1.57. The number of hydrogen-bond acceptors (Lipinski definition) is 4. The van der Waals surface area contributed by atoms with Gasteiger partial charge in [0.15, 0.2) is 0 Å². The number of ether oxygens (including phenoxy) is 1. The van der Waals surface area contributed by atoms with Crippen LogP contribution in [0.2, 0.25) is 5.02 Å². The van der Waals surface area contributed by atoms with Crippen LogP contribution in [-0.4, -0.2) is 35.3 Å². The average Bonchev–Trinajstić information content (AvgIpc) is 3.08. The number of nitrogens with one attached hydrogen (secondary N) is 1. The van der Waals surface area contributed by atoms with Crippen LogP contribution in [0.15, 0.2) is 42.5 Å². The van der Waals surface area contributed by atoms with Crippen molar-refractivity contribution in [3.8, 4) is 0 Å². The predicted molar refractivity (Wildman–Crippen MR) is 124 cm³/mol. The van der Waals surface area contributed by atoms with Crippen LogP contribution in [0.1, 0.15) is 52.5 Å². The summed E-state index contributed by atoms with van der Waals surface area (Å²) in [6.07, 6.45) is 2.52. The van der Waals surface area contributed by atoms with Gasteiger partial charge in [-0.15, -0.1) is 0 Å². The molecule has 1 atom stereocenters. The number of amides is 1. The van der Waals surface area contributed by atoms with Gasteiger partial charge in [0, 0.05) is 12.4 Å². The fourth-order valence-electron chi connectivity index (χ4n) is 4.57. The Morgan fingerprint density at radius 2 is 1.91 bits per heavy atom. The molecule has 0 spiro atoms. The number of methoxy groups -OCH3 is 1. The first-order valence-corrected chi connectivity index (χ1v) is 11.0. The Morgan fingerprint density at radius 3 is 2.47 bits per heavy atom. The first-order valence-electron chi connectivity index (χ1n) is 10.7. The number of aromatic nitrogens is 1. The number of carbonyl (C=O) groups is 2. The van der Waals surface area contributed by atoms with Crippen LogP contribution >= 0.6 is 11.6 Å². The summed E-state index contributed by atoms with van der Waals surface area (Å²) >= 11 is 6.36. The monoisotopic (exact) mass is 454 g/mol. The van der Waals surface area contributed by atoms with Crippen LogP contribution in [0.4, 0.5) is 0 Å². The van der Waals surface area contributed by atoms with Gasteiger partial charge in [-0.05, 0) is 54.7 Å². The zero-order valence-electron chi connectivity index (χ0n) is 18.4. The van der Waals surface area contributed by atoms with E-state index in [2.05, 4.69) is 5.32 Å². The molecule has 0 aliphatic heterocycles. The van der Waals surface area contributed by atoms with Gasteiger partial charge in [0.05, 0.1) is 35.7 Å². The van der Waals surface area contributed by atoms with Gasteiger partial charge in [0.1, 0.15) is 5.69 Å². The van der Waals surface area contributed by atoms with Crippen molar-refractivity contribution >= 4 is 34.4 Å². The summed E-state index contributed by atoms with van der Waals surface area (Å²) in [5, 5.41) is 14.3. The van der Waals surface area contributed by atoms with Gasteiger partial charge in [-0.25, -0.2) is 0 Å². The number of rotatable bonds is 6. The van der Waals surface area contributed by atoms with E-state index in [1.807, 2.05) is 50.4 Å². The standard InChI is InChI=1S/C25H27ClN2O4/c1-15-11-19(26)18-13-22(28(2)21(18)12-15)23(30)27-20(14-29)16-5-7-17(8-6-16)25(9-4-10-25)24(31)32-3/h5-8,11-13,20,29H,4,9-10,14H2,1-3H3,(H,27,30)/t20-/m1/s1. The molecule has 1 aliphatic carbocycles. The third-order valence-electron chi connectivity index (χ3n) is 6.63. The van der Waals surface area contributed by atoms with Crippen molar-refractivity contribution in [2.75, 3.05) is 13.7 Å². The molecule has 1 heterocycles. The summed E-state index contributed by atoms with van der Waals surface area (Å²) in [5.74, 6) is -0.515. The van der Waals surface area contributed by atoms with Crippen molar-refractivity contribution < 1.29 is 19.4 Å². The van der Waals surface area contributed by atoms with Crippen molar-refractivity contribution in [3.05, 3.63) is 69.9 Å². The number of benzene rings is 2. The molecule has 0 radical (unpaired) electrons. The fourth-order valence-corrected chi connectivity index (χ4v) is 4.90. The van der Waals surface area contributed by atoms with Gasteiger partial charge < -0.3 is 19.7 Å². The van der Waals surface area contributed by atoms with Crippen molar-refractivity contribution in [3.63, 3.8) is 0 Å². The highest BCUT2D eigenvalue weighted by Gasteiger charge is 2.46. The maximum Gasteiger partial charge on any atom is 0.316 e. The Labute approximate surface area is 192 Å². The fraction of sp³-hybridized carbons (Fsp3) is 0.360. The van der Waals surface area contributed by atoms with E-state index >= 15 is 0 Å². The number of aliphatic hydroxyl groups excluding tert-OH is 1. The highest BCUT2D eigenvalue weighted by Crippen LogP contribution is 2.44. The molecule has 3 aromatic rings. The zero-order valence-corrected chi connectivity index (χ0v) is 19.2. The molecule has 4 rings (SSSR count). The van der Waals surface area contributed by atoms with Gasteiger partial charge in [-0.3, -0.25) is 9.59 Å². The number of fused-ring (bicyclic) bond motifs is 1. The van der Waals surface area contributed by atoms with Gasteiger partial charge in [-0.2, -0.15) is 0 Å². The van der Waals surface area contributed by atoms with Crippen LogP contribution < -0.4 is 5.32 Å². The summed E-state index contributed by atoms with van der Waals surface area (Å²) < 4.78 is 6.82. The van der Waals surface area contributed by atoms with Gasteiger partial charge in [0.25, 0.3) is 5.91 Å². The molecule has 0 saturated heterocycles.